The first-order valence-corrected chi connectivity index (χ1v) is 7.43. The van der Waals surface area contributed by atoms with E-state index in [1.165, 1.54) is 6.26 Å². The first kappa shape index (κ1) is 14.0. The van der Waals surface area contributed by atoms with Crippen LogP contribution >= 0.6 is 0 Å². The summed E-state index contributed by atoms with van der Waals surface area (Å²) in [5.74, 6) is 0.766. The van der Waals surface area contributed by atoms with E-state index in [-0.39, 0.29) is 11.8 Å². The van der Waals surface area contributed by atoms with E-state index in [1.807, 2.05) is 25.1 Å². The molecule has 0 aliphatic rings. The Kier molecular flexibility index (Phi) is 4.54. The lowest BCUT2D eigenvalue weighted by Crippen LogP contribution is -2.25. The molecule has 0 aliphatic heterocycles. The fourth-order valence-electron chi connectivity index (χ4n) is 1.76. The molecule has 1 N–H and O–H groups in total. The summed E-state index contributed by atoms with van der Waals surface area (Å²) >= 11 is 0. The first-order valence-electron chi connectivity index (χ1n) is 5.37. The summed E-state index contributed by atoms with van der Waals surface area (Å²) < 4.78 is 28.0. The molecule has 0 fully saturated rings. The van der Waals surface area contributed by atoms with E-state index >= 15 is 0 Å². The van der Waals surface area contributed by atoms with Crippen molar-refractivity contribution in [3.8, 4) is 5.75 Å². The van der Waals surface area contributed by atoms with E-state index in [0.717, 1.165) is 11.1 Å². The highest BCUT2D eigenvalue weighted by Crippen LogP contribution is 2.26. The van der Waals surface area contributed by atoms with Gasteiger partial charge in [0.05, 0.1) is 12.9 Å². The Labute approximate surface area is 103 Å². The number of ether oxygens (including phenoxy) is 1. The van der Waals surface area contributed by atoms with Crippen LogP contribution in [0.4, 0.5) is 0 Å². The van der Waals surface area contributed by atoms with Gasteiger partial charge in [0.25, 0.3) is 0 Å². The molecule has 1 unspecified atom stereocenters. The fraction of sp³-hybridized carbons (Fsp3) is 0.500. The van der Waals surface area contributed by atoms with Crippen molar-refractivity contribution in [2.24, 2.45) is 0 Å². The summed E-state index contributed by atoms with van der Waals surface area (Å²) in [6.45, 7) is 1.97. The molecule has 0 saturated heterocycles. The molecule has 0 aromatic heterocycles. The lowest BCUT2D eigenvalue weighted by atomic mass is 10.0. The van der Waals surface area contributed by atoms with Gasteiger partial charge in [-0.1, -0.05) is 17.7 Å². The van der Waals surface area contributed by atoms with Gasteiger partial charge in [0.2, 0.25) is 0 Å². The molecule has 4 nitrogen and oxygen atoms in total. The standard InChI is InChI=1S/C12H19NO3S/c1-9-5-6-12(16-3)10(7-9)11(13-2)8-17(4,14)15/h5-7,11,13H,8H2,1-4H3. The average molecular weight is 257 g/mol. The highest BCUT2D eigenvalue weighted by atomic mass is 32.2. The number of hydrogen-bond donors (Lipinski definition) is 1. The Bertz CT molecular complexity index is 483. The van der Waals surface area contributed by atoms with Gasteiger partial charge in [-0.05, 0) is 20.0 Å². The zero-order valence-electron chi connectivity index (χ0n) is 10.6. The molecule has 0 bridgehead atoms. The van der Waals surface area contributed by atoms with Crippen LogP contribution in [0.1, 0.15) is 17.2 Å². The van der Waals surface area contributed by atoms with E-state index in [9.17, 15) is 8.42 Å². The monoisotopic (exact) mass is 257 g/mol. The van der Waals surface area contributed by atoms with Crippen LogP contribution in [0, 0.1) is 6.92 Å². The molecule has 1 aromatic rings. The second-order valence-electron chi connectivity index (χ2n) is 4.18. The van der Waals surface area contributed by atoms with Crippen molar-refractivity contribution >= 4 is 9.84 Å². The van der Waals surface area contributed by atoms with Crippen molar-refractivity contribution in [3.05, 3.63) is 29.3 Å². The Morgan fingerprint density at radius 2 is 2.06 bits per heavy atom. The summed E-state index contributed by atoms with van der Waals surface area (Å²) in [4.78, 5) is 0. The number of sulfone groups is 1. The molecular formula is C12H19NO3S. The summed E-state index contributed by atoms with van der Waals surface area (Å²) in [5, 5.41) is 3.02. The average Bonchev–Trinajstić information content (AvgIpc) is 2.24. The number of nitrogens with one attached hydrogen (secondary N) is 1. The Morgan fingerprint density at radius 1 is 1.41 bits per heavy atom. The number of rotatable bonds is 5. The van der Waals surface area contributed by atoms with Crippen LogP contribution in [0.3, 0.4) is 0 Å². The minimum absolute atomic E-state index is 0.0588. The smallest absolute Gasteiger partial charge is 0.149 e. The van der Waals surface area contributed by atoms with E-state index in [4.69, 9.17) is 4.74 Å². The van der Waals surface area contributed by atoms with Gasteiger partial charge >= 0.3 is 0 Å². The Balaban J connectivity index is 3.14. The molecule has 1 rings (SSSR count). The number of hydrogen-bond acceptors (Lipinski definition) is 4. The van der Waals surface area contributed by atoms with Gasteiger partial charge in [0, 0.05) is 17.9 Å². The summed E-state index contributed by atoms with van der Waals surface area (Å²) in [6.07, 6.45) is 1.24. The maximum Gasteiger partial charge on any atom is 0.149 e. The molecular weight excluding hydrogens is 238 g/mol. The quantitative estimate of drug-likeness (QED) is 0.864. The van der Waals surface area contributed by atoms with Crippen molar-refractivity contribution in [1.29, 1.82) is 0 Å². The largest absolute Gasteiger partial charge is 0.496 e. The molecule has 0 saturated carbocycles. The van der Waals surface area contributed by atoms with Crippen molar-refractivity contribution in [2.75, 3.05) is 26.2 Å². The maximum absolute atomic E-state index is 11.4. The van der Waals surface area contributed by atoms with Gasteiger partial charge in [-0.25, -0.2) is 8.42 Å². The van der Waals surface area contributed by atoms with E-state index < -0.39 is 9.84 Å². The van der Waals surface area contributed by atoms with Gasteiger partial charge in [0.15, 0.2) is 0 Å². The number of aryl methyl sites for hydroxylation is 1. The molecule has 1 aromatic carbocycles. The highest BCUT2D eigenvalue weighted by Gasteiger charge is 2.19. The van der Waals surface area contributed by atoms with Crippen LogP contribution in [-0.4, -0.2) is 34.6 Å². The lowest BCUT2D eigenvalue weighted by Gasteiger charge is -2.19. The van der Waals surface area contributed by atoms with Crippen LogP contribution in [-0.2, 0) is 9.84 Å². The topological polar surface area (TPSA) is 55.4 Å². The Hall–Kier alpha value is -1.07. The van der Waals surface area contributed by atoms with E-state index in [0.29, 0.717) is 5.75 Å². The Morgan fingerprint density at radius 3 is 2.53 bits per heavy atom. The third kappa shape index (κ3) is 4.02. The van der Waals surface area contributed by atoms with Crippen LogP contribution in [0.25, 0.3) is 0 Å². The first-order chi connectivity index (χ1) is 7.87. The van der Waals surface area contributed by atoms with Gasteiger partial charge in [-0.3, -0.25) is 0 Å². The minimum atomic E-state index is -3.04. The maximum atomic E-state index is 11.4. The van der Waals surface area contributed by atoms with Crippen LogP contribution < -0.4 is 10.1 Å². The normalized spacial score (nSPS) is 13.4. The zero-order chi connectivity index (χ0) is 13.1. The van der Waals surface area contributed by atoms with Gasteiger partial charge in [0.1, 0.15) is 15.6 Å². The SMILES string of the molecule is CNC(CS(C)(=O)=O)c1cc(C)ccc1OC. The zero-order valence-corrected chi connectivity index (χ0v) is 11.5. The fourth-order valence-corrected chi connectivity index (χ4v) is 2.71. The van der Waals surface area contributed by atoms with Crippen molar-refractivity contribution in [2.45, 2.75) is 13.0 Å². The molecule has 0 heterocycles. The van der Waals surface area contributed by atoms with Crippen molar-refractivity contribution in [3.63, 3.8) is 0 Å². The lowest BCUT2D eigenvalue weighted by molar-refractivity contribution is 0.403. The third-order valence-electron chi connectivity index (χ3n) is 2.58. The van der Waals surface area contributed by atoms with Gasteiger partial charge in [-0.15, -0.1) is 0 Å². The molecule has 0 spiro atoms. The summed E-state index contributed by atoms with van der Waals surface area (Å²) in [6, 6.07) is 5.50. The predicted octanol–water partition coefficient (Wildman–Crippen LogP) is 1.31. The van der Waals surface area contributed by atoms with E-state index in [2.05, 4.69) is 5.32 Å². The van der Waals surface area contributed by atoms with Gasteiger partial charge < -0.3 is 10.1 Å². The predicted molar refractivity (Wildman–Crippen MR) is 69.2 cm³/mol. The molecule has 0 radical (unpaired) electrons. The molecule has 0 aliphatic carbocycles. The molecule has 1 atom stereocenters. The van der Waals surface area contributed by atoms with Crippen LogP contribution in [0.5, 0.6) is 5.75 Å². The second kappa shape index (κ2) is 5.51. The number of benzene rings is 1. The number of methoxy groups -OCH3 is 1. The highest BCUT2D eigenvalue weighted by molar-refractivity contribution is 7.90. The molecule has 5 heteroatoms. The molecule has 17 heavy (non-hydrogen) atoms. The van der Waals surface area contributed by atoms with Crippen molar-refractivity contribution < 1.29 is 13.2 Å². The van der Waals surface area contributed by atoms with Crippen LogP contribution in [0.2, 0.25) is 0 Å². The molecule has 0 amide bonds. The molecule has 96 valence electrons. The van der Waals surface area contributed by atoms with Crippen LogP contribution in [0.15, 0.2) is 18.2 Å². The van der Waals surface area contributed by atoms with Gasteiger partial charge in [-0.2, -0.15) is 0 Å². The van der Waals surface area contributed by atoms with E-state index in [1.54, 1.807) is 14.2 Å². The summed E-state index contributed by atoms with van der Waals surface area (Å²) in [7, 11) is 0.293. The summed E-state index contributed by atoms with van der Waals surface area (Å²) in [5.41, 5.74) is 1.95. The minimum Gasteiger partial charge on any atom is -0.496 e. The third-order valence-corrected chi connectivity index (χ3v) is 3.52. The second-order valence-corrected chi connectivity index (χ2v) is 6.36. The van der Waals surface area contributed by atoms with Crippen molar-refractivity contribution in [1.82, 2.24) is 5.32 Å².